The highest BCUT2D eigenvalue weighted by molar-refractivity contribution is 5.83. The van der Waals surface area contributed by atoms with Gasteiger partial charge in [0.1, 0.15) is 6.04 Å². The van der Waals surface area contributed by atoms with Crippen LogP contribution in [0.3, 0.4) is 0 Å². The molecule has 2 N–H and O–H groups in total. The molecular formula is C20H32N2O. The minimum absolute atomic E-state index is 0.0781. The van der Waals surface area contributed by atoms with E-state index in [1.54, 1.807) is 13.1 Å². The Kier molecular flexibility index (Phi) is 16.1. The lowest BCUT2D eigenvalue weighted by Crippen LogP contribution is -2.35. The van der Waals surface area contributed by atoms with Crippen molar-refractivity contribution in [3.63, 3.8) is 0 Å². The molecule has 0 aliphatic heterocycles. The molecule has 0 aliphatic carbocycles. The maximum Gasteiger partial charge on any atom is 0.246 e. The van der Waals surface area contributed by atoms with Crippen molar-refractivity contribution in [1.82, 2.24) is 10.6 Å². The van der Waals surface area contributed by atoms with Gasteiger partial charge in [0, 0.05) is 12.7 Å². The topological polar surface area (TPSA) is 41.1 Å². The zero-order valence-corrected chi connectivity index (χ0v) is 15.4. The fraction of sp³-hybridized carbons (Fsp3) is 0.350. The second kappa shape index (κ2) is 16.1. The maximum atomic E-state index is 12.0. The fourth-order valence-electron chi connectivity index (χ4n) is 1.72. The minimum atomic E-state index is -0.423. The van der Waals surface area contributed by atoms with Gasteiger partial charge in [0.2, 0.25) is 5.91 Å². The lowest BCUT2D eigenvalue weighted by Gasteiger charge is -2.19. The van der Waals surface area contributed by atoms with Crippen LogP contribution in [-0.2, 0) is 4.79 Å². The molecule has 1 aromatic rings. The molecule has 23 heavy (non-hydrogen) atoms. The summed E-state index contributed by atoms with van der Waals surface area (Å²) in [6.07, 6.45) is 7.34. The summed E-state index contributed by atoms with van der Waals surface area (Å²) in [6, 6.07) is 9.19. The number of benzene rings is 1. The molecule has 0 heterocycles. The van der Waals surface area contributed by atoms with Crippen LogP contribution in [0.25, 0.3) is 0 Å². The Morgan fingerprint density at radius 3 is 2.13 bits per heavy atom. The van der Waals surface area contributed by atoms with Gasteiger partial charge in [-0.25, -0.2) is 0 Å². The number of nitrogens with one attached hydrogen (secondary N) is 2. The number of carbonyl (C=O) groups is 1. The van der Waals surface area contributed by atoms with Crippen molar-refractivity contribution in [1.29, 1.82) is 0 Å². The van der Waals surface area contributed by atoms with Crippen LogP contribution in [0.5, 0.6) is 0 Å². The van der Waals surface area contributed by atoms with Crippen molar-refractivity contribution in [2.24, 2.45) is 0 Å². The van der Waals surface area contributed by atoms with Gasteiger partial charge in [-0.2, -0.15) is 0 Å². The van der Waals surface area contributed by atoms with E-state index in [2.05, 4.69) is 17.2 Å². The van der Waals surface area contributed by atoms with E-state index in [1.165, 1.54) is 0 Å². The number of allylic oxidation sites excluding steroid dienone is 4. The average molecular weight is 316 g/mol. The van der Waals surface area contributed by atoms with Crippen LogP contribution in [0, 0.1) is 0 Å². The van der Waals surface area contributed by atoms with Crippen molar-refractivity contribution in [2.75, 3.05) is 7.05 Å². The summed E-state index contributed by atoms with van der Waals surface area (Å²) < 4.78 is 0. The zero-order valence-electron chi connectivity index (χ0n) is 15.4. The number of amides is 1. The SMILES string of the molecule is C=C/C=C(\C=C/C)NC(C(=O)NC)c1ccccc1.CC.CC. The summed E-state index contributed by atoms with van der Waals surface area (Å²) in [7, 11) is 1.63. The summed E-state index contributed by atoms with van der Waals surface area (Å²) >= 11 is 0. The number of hydrogen-bond acceptors (Lipinski definition) is 2. The van der Waals surface area contributed by atoms with Gasteiger partial charge in [-0.1, -0.05) is 76.8 Å². The molecule has 0 spiro atoms. The Morgan fingerprint density at radius 1 is 1.13 bits per heavy atom. The molecule has 1 aromatic carbocycles. The molecule has 0 bridgehead atoms. The van der Waals surface area contributed by atoms with Gasteiger partial charge in [0.15, 0.2) is 0 Å². The predicted molar refractivity (Wildman–Crippen MR) is 102 cm³/mol. The highest BCUT2D eigenvalue weighted by Crippen LogP contribution is 2.15. The van der Waals surface area contributed by atoms with E-state index in [1.807, 2.05) is 83.2 Å². The van der Waals surface area contributed by atoms with E-state index in [4.69, 9.17) is 0 Å². The lowest BCUT2D eigenvalue weighted by atomic mass is 10.1. The molecule has 0 radical (unpaired) electrons. The fourth-order valence-corrected chi connectivity index (χ4v) is 1.72. The number of likely N-dealkylation sites (N-methyl/N-ethyl adjacent to an activating group) is 1. The molecule has 0 saturated carbocycles. The zero-order chi connectivity index (χ0) is 18.1. The molecule has 0 saturated heterocycles. The third-order valence-corrected chi connectivity index (χ3v) is 2.60. The molecule has 128 valence electrons. The van der Waals surface area contributed by atoms with Gasteiger partial charge >= 0.3 is 0 Å². The normalized spacial score (nSPS) is 11.3. The van der Waals surface area contributed by atoms with Crippen molar-refractivity contribution < 1.29 is 4.79 Å². The van der Waals surface area contributed by atoms with E-state index in [0.717, 1.165) is 11.3 Å². The molecular weight excluding hydrogens is 284 g/mol. The van der Waals surface area contributed by atoms with Gasteiger partial charge in [-0.3, -0.25) is 4.79 Å². The van der Waals surface area contributed by atoms with Crippen LogP contribution in [0.15, 0.2) is 66.9 Å². The first kappa shape index (κ1) is 23.0. The summed E-state index contributed by atoms with van der Waals surface area (Å²) in [6.45, 7) is 13.6. The van der Waals surface area contributed by atoms with E-state index >= 15 is 0 Å². The van der Waals surface area contributed by atoms with Crippen molar-refractivity contribution in [3.05, 3.63) is 72.5 Å². The van der Waals surface area contributed by atoms with Crippen LogP contribution in [0.4, 0.5) is 0 Å². The average Bonchev–Trinajstić information content (AvgIpc) is 2.63. The quantitative estimate of drug-likeness (QED) is 0.743. The Labute approximate surface area is 142 Å². The number of carbonyl (C=O) groups excluding carboxylic acids is 1. The largest absolute Gasteiger partial charge is 0.370 e. The monoisotopic (exact) mass is 316 g/mol. The van der Waals surface area contributed by atoms with Crippen LogP contribution < -0.4 is 10.6 Å². The molecule has 0 aliphatic rings. The molecule has 3 nitrogen and oxygen atoms in total. The first-order valence-electron chi connectivity index (χ1n) is 8.21. The van der Waals surface area contributed by atoms with Crippen molar-refractivity contribution >= 4 is 5.91 Å². The first-order valence-corrected chi connectivity index (χ1v) is 8.21. The molecule has 0 fully saturated rings. The molecule has 1 amide bonds. The molecule has 1 atom stereocenters. The summed E-state index contributed by atoms with van der Waals surface area (Å²) in [4.78, 5) is 12.0. The highest BCUT2D eigenvalue weighted by Gasteiger charge is 2.18. The smallest absolute Gasteiger partial charge is 0.246 e. The van der Waals surface area contributed by atoms with Crippen molar-refractivity contribution in [2.45, 2.75) is 40.7 Å². The van der Waals surface area contributed by atoms with E-state index in [9.17, 15) is 4.79 Å². The van der Waals surface area contributed by atoms with E-state index in [0.29, 0.717) is 0 Å². The summed E-state index contributed by atoms with van der Waals surface area (Å²) in [5.41, 5.74) is 1.76. The second-order valence-corrected chi connectivity index (χ2v) is 3.96. The third-order valence-electron chi connectivity index (χ3n) is 2.60. The van der Waals surface area contributed by atoms with Gasteiger partial charge in [0.25, 0.3) is 0 Å². The van der Waals surface area contributed by atoms with Crippen LogP contribution in [0.1, 0.15) is 46.2 Å². The van der Waals surface area contributed by atoms with Crippen molar-refractivity contribution in [3.8, 4) is 0 Å². The van der Waals surface area contributed by atoms with Crippen LogP contribution in [-0.4, -0.2) is 13.0 Å². The summed E-state index contributed by atoms with van der Waals surface area (Å²) in [5, 5.41) is 5.89. The van der Waals surface area contributed by atoms with Crippen LogP contribution >= 0.6 is 0 Å². The Hall–Kier alpha value is -2.29. The predicted octanol–water partition coefficient (Wildman–Crippen LogP) is 4.76. The first-order chi connectivity index (χ1) is 11.2. The Morgan fingerprint density at radius 2 is 1.70 bits per heavy atom. The summed E-state index contributed by atoms with van der Waals surface area (Å²) in [5.74, 6) is -0.0781. The second-order valence-electron chi connectivity index (χ2n) is 3.96. The lowest BCUT2D eigenvalue weighted by molar-refractivity contribution is -0.122. The standard InChI is InChI=1S/C16H20N2O.2C2H6/c1-4-9-14(10-5-2)18-15(16(19)17-3)13-11-7-6-8-12-13;2*1-2/h4-12,15,18H,1H2,2-3H3,(H,17,19);2*1-2H3/b10-5-,14-9+;;. The van der Waals surface area contributed by atoms with Crippen LogP contribution in [0.2, 0.25) is 0 Å². The molecule has 3 heteroatoms. The van der Waals surface area contributed by atoms with Gasteiger partial charge in [-0.05, 0) is 24.6 Å². The molecule has 0 aromatic heterocycles. The Balaban J connectivity index is 0. The van der Waals surface area contributed by atoms with Gasteiger partial charge in [-0.15, -0.1) is 0 Å². The number of rotatable bonds is 6. The minimum Gasteiger partial charge on any atom is -0.370 e. The van der Waals surface area contributed by atoms with Gasteiger partial charge in [0.05, 0.1) is 0 Å². The molecule has 1 unspecified atom stereocenters. The van der Waals surface area contributed by atoms with E-state index < -0.39 is 6.04 Å². The highest BCUT2D eigenvalue weighted by atomic mass is 16.2. The Bertz CT molecular complexity index is 476. The maximum absolute atomic E-state index is 12.0. The molecule has 1 rings (SSSR count). The third kappa shape index (κ3) is 9.35. The van der Waals surface area contributed by atoms with Gasteiger partial charge < -0.3 is 10.6 Å². The number of hydrogen-bond donors (Lipinski definition) is 2. The van der Waals surface area contributed by atoms with E-state index in [-0.39, 0.29) is 5.91 Å².